The van der Waals surface area contributed by atoms with Gasteiger partial charge in [-0.2, -0.15) is 0 Å². The first kappa shape index (κ1) is 14.8. The third-order valence-electron chi connectivity index (χ3n) is 5.25. The van der Waals surface area contributed by atoms with Gasteiger partial charge in [0.25, 0.3) is 0 Å². The number of hydrogen-bond donors (Lipinski definition) is 1. The molecule has 1 saturated carbocycles. The van der Waals surface area contributed by atoms with E-state index in [4.69, 9.17) is 0 Å². The second-order valence-electron chi connectivity index (χ2n) is 6.50. The van der Waals surface area contributed by atoms with E-state index in [1.165, 1.54) is 24.0 Å². The lowest BCUT2D eigenvalue weighted by Gasteiger charge is -2.40. The van der Waals surface area contributed by atoms with Crippen LogP contribution in [0, 0.1) is 11.8 Å². The Morgan fingerprint density at radius 2 is 1.81 bits per heavy atom. The lowest BCUT2D eigenvalue weighted by atomic mass is 9.71. The summed E-state index contributed by atoms with van der Waals surface area (Å²) >= 11 is 0. The highest BCUT2D eigenvalue weighted by atomic mass is 15.1. The third kappa shape index (κ3) is 3.38. The minimum atomic E-state index is 0.712. The SMILES string of the molecule is CCN(CC)Cc1ccc(CNC2CC3CC=CC32)cc1. The second kappa shape index (κ2) is 6.76. The number of rotatable bonds is 7. The molecule has 1 fully saturated rings. The van der Waals surface area contributed by atoms with Gasteiger partial charge in [0.1, 0.15) is 0 Å². The molecule has 0 aliphatic heterocycles. The molecule has 114 valence electrons. The molecule has 0 aromatic heterocycles. The van der Waals surface area contributed by atoms with Crippen LogP contribution in [0.3, 0.4) is 0 Å². The van der Waals surface area contributed by atoms with Crippen LogP contribution in [-0.4, -0.2) is 24.0 Å². The van der Waals surface area contributed by atoms with Crippen LogP contribution in [0.1, 0.15) is 37.8 Å². The Balaban J connectivity index is 1.47. The van der Waals surface area contributed by atoms with Gasteiger partial charge in [0, 0.05) is 19.1 Å². The number of fused-ring (bicyclic) bond motifs is 1. The summed E-state index contributed by atoms with van der Waals surface area (Å²) in [5, 5.41) is 3.73. The Morgan fingerprint density at radius 3 is 2.48 bits per heavy atom. The molecule has 2 heteroatoms. The first-order chi connectivity index (χ1) is 10.3. The van der Waals surface area contributed by atoms with Crippen molar-refractivity contribution in [2.45, 2.75) is 45.8 Å². The van der Waals surface area contributed by atoms with Gasteiger partial charge in [-0.05, 0) is 48.9 Å². The summed E-state index contributed by atoms with van der Waals surface area (Å²) < 4.78 is 0. The van der Waals surface area contributed by atoms with E-state index >= 15 is 0 Å². The zero-order valence-electron chi connectivity index (χ0n) is 13.4. The summed E-state index contributed by atoms with van der Waals surface area (Å²) in [7, 11) is 0. The molecule has 0 radical (unpaired) electrons. The van der Waals surface area contributed by atoms with E-state index in [0.717, 1.165) is 38.0 Å². The minimum Gasteiger partial charge on any atom is -0.309 e. The molecule has 0 spiro atoms. The maximum atomic E-state index is 3.73. The Hall–Kier alpha value is -1.12. The Labute approximate surface area is 129 Å². The first-order valence-corrected chi connectivity index (χ1v) is 8.50. The number of benzene rings is 1. The van der Waals surface area contributed by atoms with E-state index < -0.39 is 0 Å². The van der Waals surface area contributed by atoms with Gasteiger partial charge in [0.05, 0.1) is 0 Å². The van der Waals surface area contributed by atoms with Crippen LogP contribution in [0.4, 0.5) is 0 Å². The normalized spacial score (nSPS) is 26.9. The standard InChI is InChI=1S/C19H28N2/c1-3-21(4-2)14-16-10-8-15(9-11-16)13-20-19-12-17-6-5-7-18(17)19/h5,7-11,17-20H,3-4,6,12-14H2,1-2H3. The Kier molecular flexibility index (Phi) is 4.77. The molecular weight excluding hydrogens is 256 g/mol. The smallest absolute Gasteiger partial charge is 0.0233 e. The topological polar surface area (TPSA) is 15.3 Å². The van der Waals surface area contributed by atoms with Gasteiger partial charge in [0.15, 0.2) is 0 Å². The fourth-order valence-corrected chi connectivity index (χ4v) is 3.66. The number of nitrogens with one attached hydrogen (secondary N) is 1. The fraction of sp³-hybridized carbons (Fsp3) is 0.579. The van der Waals surface area contributed by atoms with Gasteiger partial charge in [0.2, 0.25) is 0 Å². The molecule has 0 amide bonds. The highest BCUT2D eigenvalue weighted by Crippen LogP contribution is 2.42. The van der Waals surface area contributed by atoms with Crippen LogP contribution in [0.25, 0.3) is 0 Å². The molecule has 2 aliphatic carbocycles. The van der Waals surface area contributed by atoms with Crippen molar-refractivity contribution in [2.75, 3.05) is 13.1 Å². The van der Waals surface area contributed by atoms with E-state index in [1.807, 2.05) is 0 Å². The van der Waals surface area contributed by atoms with Crippen LogP contribution >= 0.6 is 0 Å². The predicted molar refractivity (Wildman–Crippen MR) is 89.0 cm³/mol. The highest BCUT2D eigenvalue weighted by molar-refractivity contribution is 5.23. The van der Waals surface area contributed by atoms with Crippen molar-refractivity contribution in [2.24, 2.45) is 11.8 Å². The van der Waals surface area contributed by atoms with Crippen molar-refractivity contribution in [1.82, 2.24) is 10.2 Å². The molecule has 3 unspecified atom stereocenters. The van der Waals surface area contributed by atoms with Gasteiger partial charge in [-0.25, -0.2) is 0 Å². The largest absolute Gasteiger partial charge is 0.309 e. The Bertz CT molecular complexity index is 473. The predicted octanol–water partition coefficient (Wildman–Crippen LogP) is 3.58. The second-order valence-corrected chi connectivity index (χ2v) is 6.50. The summed E-state index contributed by atoms with van der Waals surface area (Å²) in [5.74, 6) is 1.76. The van der Waals surface area contributed by atoms with Gasteiger partial charge in [-0.3, -0.25) is 4.90 Å². The lowest BCUT2D eigenvalue weighted by Crippen LogP contribution is -2.47. The average Bonchev–Trinajstić information content (AvgIpc) is 2.88. The van der Waals surface area contributed by atoms with Gasteiger partial charge >= 0.3 is 0 Å². The molecule has 0 heterocycles. The van der Waals surface area contributed by atoms with Crippen molar-refractivity contribution < 1.29 is 0 Å². The first-order valence-electron chi connectivity index (χ1n) is 8.50. The summed E-state index contributed by atoms with van der Waals surface area (Å²) in [6.45, 7) is 8.77. The van der Waals surface area contributed by atoms with E-state index in [2.05, 4.69) is 60.5 Å². The molecule has 1 N–H and O–H groups in total. The lowest BCUT2D eigenvalue weighted by molar-refractivity contribution is 0.162. The number of hydrogen-bond acceptors (Lipinski definition) is 2. The molecule has 2 aliphatic rings. The molecule has 1 aromatic rings. The highest BCUT2D eigenvalue weighted by Gasteiger charge is 2.40. The summed E-state index contributed by atoms with van der Waals surface area (Å²) in [4.78, 5) is 2.45. The van der Waals surface area contributed by atoms with Gasteiger partial charge < -0.3 is 5.32 Å². The fourth-order valence-electron chi connectivity index (χ4n) is 3.66. The van der Waals surface area contributed by atoms with Crippen LogP contribution < -0.4 is 5.32 Å². The number of nitrogens with zero attached hydrogens (tertiary/aromatic N) is 1. The molecule has 21 heavy (non-hydrogen) atoms. The van der Waals surface area contributed by atoms with E-state index in [1.54, 1.807) is 0 Å². The quantitative estimate of drug-likeness (QED) is 0.770. The van der Waals surface area contributed by atoms with Gasteiger partial charge in [-0.15, -0.1) is 0 Å². The molecule has 3 atom stereocenters. The van der Waals surface area contributed by atoms with Crippen molar-refractivity contribution in [3.8, 4) is 0 Å². The summed E-state index contributed by atoms with van der Waals surface area (Å²) in [5.41, 5.74) is 2.83. The molecule has 3 rings (SSSR count). The van der Waals surface area contributed by atoms with Crippen molar-refractivity contribution >= 4 is 0 Å². The van der Waals surface area contributed by atoms with Crippen LogP contribution in [0.2, 0.25) is 0 Å². The maximum absolute atomic E-state index is 3.73. The molecule has 0 saturated heterocycles. The average molecular weight is 284 g/mol. The monoisotopic (exact) mass is 284 g/mol. The van der Waals surface area contributed by atoms with Gasteiger partial charge in [-0.1, -0.05) is 50.3 Å². The van der Waals surface area contributed by atoms with Crippen molar-refractivity contribution in [3.63, 3.8) is 0 Å². The van der Waals surface area contributed by atoms with Crippen LogP contribution in [-0.2, 0) is 13.1 Å². The number of allylic oxidation sites excluding steroid dienone is 1. The molecule has 0 bridgehead atoms. The molecule has 1 aromatic carbocycles. The summed E-state index contributed by atoms with van der Waals surface area (Å²) in [6, 6.07) is 9.85. The molecular formula is C19H28N2. The van der Waals surface area contributed by atoms with E-state index in [9.17, 15) is 0 Å². The zero-order valence-corrected chi connectivity index (χ0v) is 13.4. The van der Waals surface area contributed by atoms with Crippen LogP contribution in [0.5, 0.6) is 0 Å². The van der Waals surface area contributed by atoms with Crippen molar-refractivity contribution in [3.05, 3.63) is 47.5 Å². The van der Waals surface area contributed by atoms with Crippen molar-refractivity contribution in [1.29, 1.82) is 0 Å². The third-order valence-corrected chi connectivity index (χ3v) is 5.25. The molecule has 2 nitrogen and oxygen atoms in total. The van der Waals surface area contributed by atoms with E-state index in [0.29, 0.717) is 6.04 Å². The minimum absolute atomic E-state index is 0.712. The maximum Gasteiger partial charge on any atom is 0.0233 e. The Morgan fingerprint density at radius 1 is 1.10 bits per heavy atom. The zero-order chi connectivity index (χ0) is 14.7. The van der Waals surface area contributed by atoms with E-state index in [-0.39, 0.29) is 0 Å². The summed E-state index contributed by atoms with van der Waals surface area (Å²) in [6.07, 6.45) is 7.44. The van der Waals surface area contributed by atoms with Crippen LogP contribution in [0.15, 0.2) is 36.4 Å².